The highest BCUT2D eigenvalue weighted by Crippen LogP contribution is 2.43. The smallest absolute Gasteiger partial charge is 0.411 e. The van der Waals surface area contributed by atoms with Gasteiger partial charge in [-0.05, 0) is 52.9 Å². The highest BCUT2D eigenvalue weighted by atomic mass is 16.6. The Morgan fingerprint density at radius 3 is 2.41 bits per heavy atom. The van der Waals surface area contributed by atoms with Gasteiger partial charge in [0.1, 0.15) is 5.60 Å². The zero-order chi connectivity index (χ0) is 12.8. The Morgan fingerprint density at radius 2 is 1.88 bits per heavy atom. The first-order valence-electron chi connectivity index (χ1n) is 6.31. The molecule has 1 aliphatic heterocycles. The van der Waals surface area contributed by atoms with Gasteiger partial charge in [-0.2, -0.15) is 0 Å². The topological polar surface area (TPSA) is 46.6 Å². The molecular formula is C13H21NO3. The predicted molar refractivity (Wildman–Crippen MR) is 63.7 cm³/mol. The van der Waals surface area contributed by atoms with E-state index >= 15 is 0 Å². The number of carbonyl (C=O) groups is 2. The molecule has 0 aromatic rings. The average molecular weight is 239 g/mol. The Balaban J connectivity index is 2.14. The summed E-state index contributed by atoms with van der Waals surface area (Å²) in [5.41, 5.74) is -0.500. The molecule has 2 bridgehead atoms. The molecule has 96 valence electrons. The molecule has 3 atom stereocenters. The number of amides is 1. The molecule has 1 amide bonds. The van der Waals surface area contributed by atoms with Crippen LogP contribution in [0.25, 0.3) is 0 Å². The monoisotopic (exact) mass is 239 g/mol. The molecule has 1 saturated heterocycles. The highest BCUT2D eigenvalue weighted by molar-refractivity contribution is 5.87. The van der Waals surface area contributed by atoms with E-state index in [9.17, 15) is 9.59 Å². The van der Waals surface area contributed by atoms with Gasteiger partial charge in [-0.3, -0.25) is 9.69 Å². The lowest BCUT2D eigenvalue weighted by molar-refractivity contribution is -0.123. The van der Waals surface area contributed by atoms with Crippen molar-refractivity contribution in [1.29, 1.82) is 0 Å². The van der Waals surface area contributed by atoms with Crippen LogP contribution in [0, 0.1) is 5.92 Å². The van der Waals surface area contributed by atoms with Crippen molar-refractivity contribution in [1.82, 2.24) is 4.90 Å². The molecule has 4 nitrogen and oxygen atoms in total. The number of hydrogen-bond donors (Lipinski definition) is 0. The molecule has 0 N–H and O–H groups in total. The lowest BCUT2D eigenvalue weighted by atomic mass is 9.96. The summed E-state index contributed by atoms with van der Waals surface area (Å²) in [6.45, 7) is 7.12. The van der Waals surface area contributed by atoms with E-state index in [0.717, 1.165) is 19.3 Å². The van der Waals surface area contributed by atoms with Crippen molar-refractivity contribution in [2.24, 2.45) is 5.92 Å². The standard InChI is InChI=1S/C13H21NO3/c1-8(15)11-9-5-6-10(7-9)14(11)12(16)17-13(2,3)4/h9-11H,5-7H2,1-4H3/t9-,10?,11+/m0/s1. The number of ether oxygens (including phenoxy) is 1. The SMILES string of the molecule is CC(=O)[C@@H]1[C@H]2CCC(C2)N1C(=O)OC(C)(C)C. The Bertz CT molecular complexity index is 345. The first-order valence-corrected chi connectivity index (χ1v) is 6.31. The van der Waals surface area contributed by atoms with Crippen LogP contribution in [-0.2, 0) is 9.53 Å². The van der Waals surface area contributed by atoms with Crippen LogP contribution < -0.4 is 0 Å². The average Bonchev–Trinajstić information content (AvgIpc) is 2.72. The second kappa shape index (κ2) is 4.00. The largest absolute Gasteiger partial charge is 0.444 e. The van der Waals surface area contributed by atoms with E-state index < -0.39 is 5.60 Å². The number of ketones is 1. The molecule has 0 radical (unpaired) electrons. The van der Waals surface area contributed by atoms with E-state index in [-0.39, 0.29) is 24.0 Å². The Labute approximate surface area is 102 Å². The first kappa shape index (κ1) is 12.4. The molecule has 17 heavy (non-hydrogen) atoms. The van der Waals surface area contributed by atoms with Crippen molar-refractivity contribution in [2.45, 2.75) is 64.6 Å². The van der Waals surface area contributed by atoms with Gasteiger partial charge in [-0.15, -0.1) is 0 Å². The van der Waals surface area contributed by atoms with Gasteiger partial charge < -0.3 is 4.74 Å². The van der Waals surface area contributed by atoms with Crippen LogP contribution in [0.3, 0.4) is 0 Å². The van der Waals surface area contributed by atoms with E-state index in [1.807, 2.05) is 20.8 Å². The fraction of sp³-hybridized carbons (Fsp3) is 0.846. The Hall–Kier alpha value is -1.06. The number of rotatable bonds is 1. The van der Waals surface area contributed by atoms with Gasteiger partial charge in [0.15, 0.2) is 5.78 Å². The van der Waals surface area contributed by atoms with Crippen molar-refractivity contribution in [2.75, 3.05) is 0 Å². The van der Waals surface area contributed by atoms with Crippen LogP contribution in [0.1, 0.15) is 47.0 Å². The first-order chi connectivity index (χ1) is 7.79. The number of carbonyl (C=O) groups excluding carboxylic acids is 2. The second-order valence-electron chi connectivity index (χ2n) is 6.17. The van der Waals surface area contributed by atoms with Gasteiger partial charge in [-0.1, -0.05) is 0 Å². The summed E-state index contributed by atoms with van der Waals surface area (Å²) in [5, 5.41) is 0. The quantitative estimate of drug-likeness (QED) is 0.705. The lowest BCUT2D eigenvalue weighted by Crippen LogP contribution is -2.50. The third kappa shape index (κ3) is 2.31. The van der Waals surface area contributed by atoms with Crippen LogP contribution in [0.5, 0.6) is 0 Å². The summed E-state index contributed by atoms with van der Waals surface area (Å²) < 4.78 is 5.39. The zero-order valence-corrected chi connectivity index (χ0v) is 11.0. The maximum absolute atomic E-state index is 12.1. The van der Waals surface area contributed by atoms with E-state index in [4.69, 9.17) is 4.74 Å². The van der Waals surface area contributed by atoms with E-state index in [1.54, 1.807) is 11.8 Å². The molecule has 2 rings (SSSR count). The van der Waals surface area contributed by atoms with Crippen LogP contribution in [0.15, 0.2) is 0 Å². The van der Waals surface area contributed by atoms with Crippen molar-refractivity contribution >= 4 is 11.9 Å². The normalized spacial score (nSPS) is 31.8. The Morgan fingerprint density at radius 1 is 1.24 bits per heavy atom. The molecule has 1 heterocycles. The van der Waals surface area contributed by atoms with Gasteiger partial charge in [0.2, 0.25) is 0 Å². The summed E-state index contributed by atoms with van der Waals surface area (Å²) in [5.74, 6) is 0.438. The molecule has 2 fully saturated rings. The predicted octanol–water partition coefficient (Wildman–Crippen LogP) is 2.36. The minimum atomic E-state index is -0.500. The maximum atomic E-state index is 12.1. The van der Waals surface area contributed by atoms with Crippen molar-refractivity contribution in [3.63, 3.8) is 0 Å². The van der Waals surface area contributed by atoms with E-state index in [2.05, 4.69) is 0 Å². The molecular weight excluding hydrogens is 218 g/mol. The summed E-state index contributed by atoms with van der Waals surface area (Å²) in [6.07, 6.45) is 2.70. The molecule has 0 aromatic heterocycles. The minimum Gasteiger partial charge on any atom is -0.444 e. The number of fused-ring (bicyclic) bond motifs is 2. The number of Topliss-reactive ketones (excluding diaryl/α,β-unsaturated/α-hetero) is 1. The maximum Gasteiger partial charge on any atom is 0.411 e. The van der Waals surface area contributed by atoms with Gasteiger partial charge in [0.25, 0.3) is 0 Å². The molecule has 2 aliphatic rings. The van der Waals surface area contributed by atoms with Gasteiger partial charge >= 0.3 is 6.09 Å². The number of piperidine rings is 1. The lowest BCUT2D eigenvalue weighted by Gasteiger charge is -2.35. The fourth-order valence-electron chi connectivity index (χ4n) is 3.09. The third-order valence-corrected chi connectivity index (χ3v) is 3.61. The van der Waals surface area contributed by atoms with Crippen molar-refractivity contribution in [3.8, 4) is 0 Å². The van der Waals surface area contributed by atoms with Gasteiger partial charge in [0, 0.05) is 6.04 Å². The molecule has 0 spiro atoms. The zero-order valence-electron chi connectivity index (χ0n) is 11.0. The summed E-state index contributed by atoms with van der Waals surface area (Å²) in [4.78, 5) is 25.5. The minimum absolute atomic E-state index is 0.0862. The van der Waals surface area contributed by atoms with Crippen molar-refractivity contribution in [3.05, 3.63) is 0 Å². The fourth-order valence-corrected chi connectivity index (χ4v) is 3.09. The van der Waals surface area contributed by atoms with E-state index in [1.165, 1.54) is 0 Å². The van der Waals surface area contributed by atoms with Crippen LogP contribution in [-0.4, -0.2) is 34.5 Å². The second-order valence-corrected chi connectivity index (χ2v) is 6.17. The number of nitrogens with zero attached hydrogens (tertiary/aromatic N) is 1. The molecule has 1 aliphatic carbocycles. The molecule has 1 saturated carbocycles. The summed E-state index contributed by atoms with van der Waals surface area (Å²) in [7, 11) is 0. The molecule has 0 aromatic carbocycles. The summed E-state index contributed by atoms with van der Waals surface area (Å²) >= 11 is 0. The Kier molecular flexibility index (Phi) is 2.92. The van der Waals surface area contributed by atoms with E-state index in [0.29, 0.717) is 5.92 Å². The molecule has 1 unspecified atom stereocenters. The molecule has 4 heteroatoms. The number of hydrogen-bond acceptors (Lipinski definition) is 3. The number of likely N-dealkylation sites (tertiary alicyclic amines) is 1. The highest BCUT2D eigenvalue weighted by Gasteiger charge is 2.51. The van der Waals surface area contributed by atoms with Crippen molar-refractivity contribution < 1.29 is 14.3 Å². The van der Waals surface area contributed by atoms with Gasteiger partial charge in [-0.25, -0.2) is 4.79 Å². The third-order valence-electron chi connectivity index (χ3n) is 3.61. The van der Waals surface area contributed by atoms with Crippen LogP contribution >= 0.6 is 0 Å². The van der Waals surface area contributed by atoms with Crippen LogP contribution in [0.2, 0.25) is 0 Å². The van der Waals surface area contributed by atoms with Gasteiger partial charge in [0.05, 0.1) is 6.04 Å². The summed E-state index contributed by atoms with van der Waals surface area (Å²) in [6, 6.07) is -0.0349. The van der Waals surface area contributed by atoms with Crippen LogP contribution in [0.4, 0.5) is 4.79 Å².